The van der Waals surface area contributed by atoms with Crippen molar-refractivity contribution < 1.29 is 9.53 Å². The Morgan fingerprint density at radius 3 is 2.90 bits per heavy atom. The second-order valence-corrected chi connectivity index (χ2v) is 7.15. The van der Waals surface area contributed by atoms with Crippen LogP contribution in [0.1, 0.15) is 28.6 Å². The van der Waals surface area contributed by atoms with Gasteiger partial charge in [0.2, 0.25) is 5.78 Å². The molecule has 1 aromatic carbocycles. The van der Waals surface area contributed by atoms with Crippen molar-refractivity contribution in [2.75, 3.05) is 6.61 Å². The average Bonchev–Trinajstić information content (AvgIpc) is 3.10. The molecule has 0 atom stereocenters. The van der Waals surface area contributed by atoms with E-state index in [0.717, 1.165) is 31.7 Å². The van der Waals surface area contributed by atoms with E-state index in [2.05, 4.69) is 27.8 Å². The van der Waals surface area contributed by atoms with Gasteiger partial charge in [-0.2, -0.15) is 0 Å². The number of H-pyrrole nitrogens is 1. The van der Waals surface area contributed by atoms with Crippen LogP contribution >= 0.6 is 27.3 Å². The van der Waals surface area contributed by atoms with Crippen LogP contribution in [0.2, 0.25) is 0 Å². The normalized spacial score (nSPS) is 11.0. The number of hydrogen-bond acceptors (Lipinski definition) is 3. The minimum absolute atomic E-state index is 0.0320. The highest BCUT2D eigenvalue weighted by Crippen LogP contribution is 2.29. The van der Waals surface area contributed by atoms with E-state index in [0.29, 0.717) is 12.2 Å². The van der Waals surface area contributed by atoms with Crippen molar-refractivity contribution in [1.29, 1.82) is 0 Å². The molecule has 3 rings (SSSR count). The van der Waals surface area contributed by atoms with Crippen molar-refractivity contribution >= 4 is 44.0 Å². The molecule has 0 aliphatic heterocycles. The maximum atomic E-state index is 12.6. The van der Waals surface area contributed by atoms with Crippen LogP contribution in [0.5, 0.6) is 5.75 Å². The first-order valence-electron chi connectivity index (χ1n) is 6.73. The van der Waals surface area contributed by atoms with Crippen LogP contribution in [0.25, 0.3) is 10.9 Å². The summed E-state index contributed by atoms with van der Waals surface area (Å²) < 4.78 is 6.60. The van der Waals surface area contributed by atoms with Gasteiger partial charge >= 0.3 is 0 Å². The number of nitrogens with one attached hydrogen (secondary N) is 1. The molecule has 2 heterocycles. The Hall–Kier alpha value is -1.59. The lowest BCUT2D eigenvalue weighted by Crippen LogP contribution is -1.98. The minimum atomic E-state index is 0.0320. The summed E-state index contributed by atoms with van der Waals surface area (Å²) in [6, 6.07) is 9.53. The van der Waals surface area contributed by atoms with Crippen LogP contribution in [0, 0.1) is 0 Å². The number of hydrogen-bond donors (Lipinski definition) is 1. The number of fused-ring (bicyclic) bond motifs is 1. The summed E-state index contributed by atoms with van der Waals surface area (Å²) in [6.45, 7) is 2.75. The Morgan fingerprint density at radius 2 is 2.19 bits per heavy atom. The van der Waals surface area contributed by atoms with Crippen LogP contribution in [0.3, 0.4) is 0 Å². The number of aromatic amines is 1. The van der Waals surface area contributed by atoms with Gasteiger partial charge in [0, 0.05) is 22.7 Å². The minimum Gasteiger partial charge on any atom is -0.494 e. The molecule has 3 nitrogen and oxygen atoms in total. The highest BCUT2D eigenvalue weighted by atomic mass is 79.9. The third-order valence-electron chi connectivity index (χ3n) is 3.17. The topological polar surface area (TPSA) is 42.1 Å². The van der Waals surface area contributed by atoms with Gasteiger partial charge in [0.15, 0.2) is 0 Å². The Kier molecular flexibility index (Phi) is 4.12. The average molecular weight is 364 g/mol. The van der Waals surface area contributed by atoms with E-state index in [-0.39, 0.29) is 5.78 Å². The third kappa shape index (κ3) is 2.89. The number of aromatic nitrogens is 1. The number of carbonyl (C=O) groups is 1. The predicted molar refractivity (Wildman–Crippen MR) is 89.5 cm³/mol. The van der Waals surface area contributed by atoms with Crippen molar-refractivity contribution in [2.45, 2.75) is 13.3 Å². The third-order valence-corrected chi connectivity index (χ3v) is 4.79. The number of benzene rings is 1. The van der Waals surface area contributed by atoms with Gasteiger partial charge in [0.05, 0.1) is 15.3 Å². The fourth-order valence-electron chi connectivity index (χ4n) is 2.17. The first-order chi connectivity index (χ1) is 10.2. The maximum absolute atomic E-state index is 12.6. The van der Waals surface area contributed by atoms with Gasteiger partial charge in [-0.15, -0.1) is 11.3 Å². The van der Waals surface area contributed by atoms with Gasteiger partial charge in [-0.05, 0) is 52.7 Å². The standard InChI is InChI=1S/C16H14BrNO2S/c1-2-7-20-10-3-4-13-11(8-10)12(9-18-13)16(19)14-5-6-15(17)21-14/h3-6,8-9,18H,2,7H2,1H3. The van der Waals surface area contributed by atoms with Crippen molar-refractivity contribution in [3.63, 3.8) is 0 Å². The fourth-order valence-corrected chi connectivity index (χ4v) is 3.51. The van der Waals surface area contributed by atoms with Gasteiger partial charge < -0.3 is 9.72 Å². The van der Waals surface area contributed by atoms with Crippen LogP contribution in [-0.4, -0.2) is 17.4 Å². The second-order valence-electron chi connectivity index (χ2n) is 4.69. The Labute approximate surface area is 135 Å². The number of rotatable bonds is 5. The molecule has 0 aliphatic rings. The molecule has 21 heavy (non-hydrogen) atoms. The summed E-state index contributed by atoms with van der Waals surface area (Å²) in [5, 5.41) is 0.901. The van der Waals surface area contributed by atoms with Crippen LogP contribution in [-0.2, 0) is 0 Å². The molecule has 0 saturated heterocycles. The molecule has 1 N–H and O–H groups in total. The van der Waals surface area contributed by atoms with Gasteiger partial charge in [0.1, 0.15) is 5.75 Å². The number of halogens is 1. The number of ketones is 1. The van der Waals surface area contributed by atoms with Gasteiger partial charge in [0.25, 0.3) is 0 Å². The van der Waals surface area contributed by atoms with E-state index in [1.165, 1.54) is 11.3 Å². The lowest BCUT2D eigenvalue weighted by molar-refractivity contribution is 0.104. The maximum Gasteiger partial charge on any atom is 0.205 e. The van der Waals surface area contributed by atoms with Crippen molar-refractivity contribution in [3.05, 3.63) is 50.8 Å². The zero-order chi connectivity index (χ0) is 14.8. The largest absolute Gasteiger partial charge is 0.494 e. The molecule has 108 valence electrons. The Morgan fingerprint density at radius 1 is 1.33 bits per heavy atom. The zero-order valence-electron chi connectivity index (χ0n) is 11.5. The molecule has 0 aliphatic carbocycles. The molecular weight excluding hydrogens is 350 g/mol. The number of ether oxygens (including phenoxy) is 1. The Bertz CT molecular complexity index is 791. The zero-order valence-corrected chi connectivity index (χ0v) is 13.9. The van der Waals surface area contributed by atoms with Gasteiger partial charge in [-0.25, -0.2) is 0 Å². The summed E-state index contributed by atoms with van der Waals surface area (Å²) in [7, 11) is 0. The number of thiophene rings is 1. The summed E-state index contributed by atoms with van der Waals surface area (Å²) in [6.07, 6.45) is 2.73. The van der Waals surface area contributed by atoms with Crippen molar-refractivity contribution in [3.8, 4) is 5.75 Å². The predicted octanol–water partition coefficient (Wildman–Crippen LogP) is 5.01. The van der Waals surface area contributed by atoms with E-state index in [1.807, 2.05) is 30.3 Å². The summed E-state index contributed by atoms with van der Waals surface area (Å²) >= 11 is 4.83. The van der Waals surface area contributed by atoms with E-state index in [4.69, 9.17) is 4.74 Å². The lowest BCUT2D eigenvalue weighted by Gasteiger charge is -2.04. The smallest absolute Gasteiger partial charge is 0.205 e. The first kappa shape index (κ1) is 14.4. The first-order valence-corrected chi connectivity index (χ1v) is 8.34. The van der Waals surface area contributed by atoms with Crippen LogP contribution < -0.4 is 4.74 Å². The molecule has 0 saturated carbocycles. The molecule has 3 aromatic rings. The van der Waals surface area contributed by atoms with E-state index >= 15 is 0 Å². The number of carbonyl (C=O) groups excluding carboxylic acids is 1. The van der Waals surface area contributed by atoms with Gasteiger partial charge in [-0.3, -0.25) is 4.79 Å². The van der Waals surface area contributed by atoms with Crippen molar-refractivity contribution in [2.24, 2.45) is 0 Å². The Balaban J connectivity index is 2.00. The second kappa shape index (κ2) is 6.03. The fraction of sp³-hybridized carbons (Fsp3) is 0.188. The van der Waals surface area contributed by atoms with Crippen molar-refractivity contribution in [1.82, 2.24) is 4.98 Å². The molecule has 0 amide bonds. The summed E-state index contributed by atoms with van der Waals surface area (Å²) in [5.74, 6) is 0.829. The molecule has 5 heteroatoms. The molecule has 2 aromatic heterocycles. The molecule has 0 bridgehead atoms. The molecule has 0 spiro atoms. The van der Waals surface area contributed by atoms with Crippen LogP contribution in [0.4, 0.5) is 0 Å². The summed E-state index contributed by atoms with van der Waals surface area (Å²) in [4.78, 5) is 16.5. The monoisotopic (exact) mass is 363 g/mol. The highest BCUT2D eigenvalue weighted by Gasteiger charge is 2.16. The van der Waals surface area contributed by atoms with Crippen LogP contribution in [0.15, 0.2) is 40.3 Å². The SMILES string of the molecule is CCCOc1ccc2[nH]cc(C(=O)c3ccc(Br)s3)c2c1. The summed E-state index contributed by atoms with van der Waals surface area (Å²) in [5.41, 5.74) is 1.62. The van der Waals surface area contributed by atoms with Gasteiger partial charge in [-0.1, -0.05) is 6.92 Å². The molecular formula is C16H14BrNO2S. The quantitative estimate of drug-likeness (QED) is 0.647. The lowest BCUT2D eigenvalue weighted by atomic mass is 10.1. The highest BCUT2D eigenvalue weighted by molar-refractivity contribution is 9.11. The van der Waals surface area contributed by atoms with E-state index in [9.17, 15) is 4.79 Å². The molecule has 0 radical (unpaired) electrons. The molecule has 0 unspecified atom stereocenters. The molecule has 0 fully saturated rings. The van der Waals surface area contributed by atoms with E-state index in [1.54, 1.807) is 6.20 Å². The van der Waals surface area contributed by atoms with E-state index < -0.39 is 0 Å².